The van der Waals surface area contributed by atoms with Gasteiger partial charge in [-0.25, -0.2) is 9.97 Å². The number of ether oxygens (including phenoxy) is 2. The predicted molar refractivity (Wildman–Crippen MR) is 177 cm³/mol. The molecule has 0 saturated heterocycles. The van der Waals surface area contributed by atoms with Crippen LogP contribution in [0.2, 0.25) is 0 Å². The number of nitrogen functional groups attached to an aromatic ring is 1. The topological polar surface area (TPSA) is 148 Å². The molecule has 44 heavy (non-hydrogen) atoms. The number of allylic oxidation sites excluding steroid dienone is 2. The van der Waals surface area contributed by atoms with Crippen molar-refractivity contribution < 1.29 is 19.1 Å². The van der Waals surface area contributed by atoms with Crippen LogP contribution in [0.3, 0.4) is 0 Å². The third-order valence-electron chi connectivity index (χ3n) is 7.90. The van der Waals surface area contributed by atoms with Crippen molar-refractivity contribution in [3.8, 4) is 0 Å². The largest absolute Gasteiger partial charge is 0.466 e. The summed E-state index contributed by atoms with van der Waals surface area (Å²) >= 11 is 0. The molecule has 1 unspecified atom stereocenters. The number of esters is 2. The first-order valence-electron chi connectivity index (χ1n) is 17.0. The first-order chi connectivity index (χ1) is 21.3. The van der Waals surface area contributed by atoms with Gasteiger partial charge in [-0.15, -0.1) is 0 Å². The van der Waals surface area contributed by atoms with Crippen molar-refractivity contribution in [3.63, 3.8) is 0 Å². The second-order valence-electron chi connectivity index (χ2n) is 12.2. The van der Waals surface area contributed by atoms with Crippen LogP contribution < -0.4 is 11.5 Å². The molecule has 2 aromatic rings. The molecule has 0 bridgehead atoms. The van der Waals surface area contributed by atoms with Crippen molar-refractivity contribution in [2.75, 3.05) is 12.3 Å². The highest BCUT2D eigenvalue weighted by Gasteiger charge is 2.24. The summed E-state index contributed by atoms with van der Waals surface area (Å²) in [6.45, 7) is 6.41. The molecule has 0 radical (unpaired) electrons. The van der Waals surface area contributed by atoms with E-state index in [0.29, 0.717) is 24.0 Å². The molecule has 2 heterocycles. The Morgan fingerprint density at radius 1 is 0.909 bits per heavy atom. The summed E-state index contributed by atoms with van der Waals surface area (Å²) in [7, 11) is 0. The lowest BCUT2D eigenvalue weighted by atomic mass is 10.1. The molecule has 10 heteroatoms. The maximum atomic E-state index is 12.6. The van der Waals surface area contributed by atoms with Gasteiger partial charge in [0.05, 0.1) is 25.7 Å². The standard InChI is InChI=1S/C34H58N6O4/c1-4-5-6-7-8-9-10-11-12-13-14-15-16-17-18-19-20-21-30(41)43-23-22-28(44-33(42)31(35)27(2)3)25-40-26-38-29-24-37-34(36)39-32(29)40/h11-12,24,26-28,31H,4-10,13-23,25,35H2,1-3H3,(H2,36,37,39)/t28?,31-/m0/s1. The highest BCUT2D eigenvalue weighted by molar-refractivity contribution is 5.76. The molecule has 0 saturated carbocycles. The van der Waals surface area contributed by atoms with Gasteiger partial charge in [0.2, 0.25) is 5.95 Å². The molecule has 4 N–H and O–H groups in total. The fourth-order valence-corrected chi connectivity index (χ4v) is 4.99. The first-order valence-corrected chi connectivity index (χ1v) is 17.0. The number of hydrogen-bond acceptors (Lipinski definition) is 9. The Hall–Kier alpha value is -3.01. The van der Waals surface area contributed by atoms with Crippen LogP contribution in [0.25, 0.3) is 11.2 Å². The lowest BCUT2D eigenvalue weighted by Gasteiger charge is -2.22. The molecule has 0 aromatic carbocycles. The summed E-state index contributed by atoms with van der Waals surface area (Å²) in [6.07, 6.45) is 26.6. The van der Waals surface area contributed by atoms with Crippen molar-refractivity contribution in [1.82, 2.24) is 19.5 Å². The van der Waals surface area contributed by atoms with Gasteiger partial charge >= 0.3 is 11.9 Å². The average molecular weight is 615 g/mol. The number of nitrogens with zero attached hydrogens (tertiary/aromatic N) is 4. The van der Waals surface area contributed by atoms with Crippen molar-refractivity contribution in [1.29, 1.82) is 0 Å². The van der Waals surface area contributed by atoms with Crippen molar-refractivity contribution >= 4 is 29.1 Å². The number of aromatic nitrogens is 4. The minimum atomic E-state index is -0.742. The molecule has 0 spiro atoms. The molecule has 0 amide bonds. The number of carbonyl (C=O) groups excluding carboxylic acids is 2. The van der Waals surface area contributed by atoms with Gasteiger partial charge in [-0.1, -0.05) is 97.1 Å². The Kier molecular flexibility index (Phi) is 19.0. The van der Waals surface area contributed by atoms with Gasteiger partial charge in [-0.05, 0) is 38.0 Å². The van der Waals surface area contributed by atoms with Crippen LogP contribution in [-0.2, 0) is 25.6 Å². The van der Waals surface area contributed by atoms with Gasteiger partial charge in [0.25, 0.3) is 0 Å². The molecule has 10 nitrogen and oxygen atoms in total. The third kappa shape index (κ3) is 15.6. The van der Waals surface area contributed by atoms with Gasteiger partial charge < -0.3 is 25.5 Å². The zero-order valence-corrected chi connectivity index (χ0v) is 27.6. The summed E-state index contributed by atoms with van der Waals surface area (Å²) in [6, 6.07) is -0.742. The molecule has 2 rings (SSSR count). The highest BCUT2D eigenvalue weighted by Crippen LogP contribution is 2.15. The predicted octanol–water partition coefficient (Wildman–Crippen LogP) is 7.05. The number of imidazole rings is 1. The van der Waals surface area contributed by atoms with Gasteiger partial charge in [0.15, 0.2) is 5.65 Å². The summed E-state index contributed by atoms with van der Waals surface area (Å²) in [4.78, 5) is 37.4. The Morgan fingerprint density at radius 2 is 1.52 bits per heavy atom. The number of rotatable bonds is 25. The zero-order chi connectivity index (χ0) is 32.0. The van der Waals surface area contributed by atoms with Gasteiger partial charge in [0.1, 0.15) is 17.7 Å². The third-order valence-corrected chi connectivity index (χ3v) is 7.90. The molecule has 0 aliphatic heterocycles. The van der Waals surface area contributed by atoms with E-state index in [1.807, 2.05) is 13.8 Å². The van der Waals surface area contributed by atoms with Crippen LogP contribution in [0.1, 0.15) is 130 Å². The number of unbranched alkanes of at least 4 members (excludes halogenated alkanes) is 13. The van der Waals surface area contributed by atoms with Gasteiger partial charge in [-0.3, -0.25) is 9.59 Å². The van der Waals surface area contributed by atoms with E-state index >= 15 is 0 Å². The van der Waals surface area contributed by atoms with Gasteiger partial charge in [0, 0.05) is 12.8 Å². The summed E-state index contributed by atoms with van der Waals surface area (Å²) in [5, 5.41) is 0. The van der Waals surface area contributed by atoms with E-state index in [1.165, 1.54) is 77.0 Å². The minimum Gasteiger partial charge on any atom is -0.466 e. The maximum Gasteiger partial charge on any atom is 0.323 e. The Labute approximate surface area is 264 Å². The van der Waals surface area contributed by atoms with Gasteiger partial charge in [-0.2, -0.15) is 4.98 Å². The molecule has 2 aromatic heterocycles. The minimum absolute atomic E-state index is 0.0655. The molecular formula is C34H58N6O4. The Morgan fingerprint density at radius 3 is 2.16 bits per heavy atom. The Bertz CT molecular complexity index is 1100. The number of anilines is 1. The fourth-order valence-electron chi connectivity index (χ4n) is 4.99. The molecule has 248 valence electrons. The van der Waals surface area contributed by atoms with Crippen molar-refractivity contribution in [3.05, 3.63) is 24.7 Å². The molecular weight excluding hydrogens is 556 g/mol. The smallest absolute Gasteiger partial charge is 0.323 e. The molecule has 0 fully saturated rings. The number of carbonyl (C=O) groups is 2. The highest BCUT2D eigenvalue weighted by atomic mass is 16.6. The lowest BCUT2D eigenvalue weighted by molar-refractivity contribution is -0.154. The number of hydrogen-bond donors (Lipinski definition) is 2. The normalized spacial score (nSPS) is 13.1. The summed E-state index contributed by atoms with van der Waals surface area (Å²) < 4.78 is 13.0. The first kappa shape index (κ1) is 37.2. The van der Waals surface area contributed by atoms with Crippen LogP contribution in [0.15, 0.2) is 24.7 Å². The second kappa shape index (κ2) is 22.5. The average Bonchev–Trinajstić information content (AvgIpc) is 3.39. The van der Waals surface area contributed by atoms with E-state index in [-0.39, 0.29) is 31.0 Å². The number of fused-ring (bicyclic) bond motifs is 1. The van der Waals surface area contributed by atoms with E-state index in [9.17, 15) is 9.59 Å². The van der Waals surface area contributed by atoms with E-state index in [1.54, 1.807) is 17.1 Å². The summed E-state index contributed by atoms with van der Waals surface area (Å²) in [5.74, 6) is -0.653. The summed E-state index contributed by atoms with van der Waals surface area (Å²) in [5.41, 5.74) is 12.9. The lowest BCUT2D eigenvalue weighted by Crippen LogP contribution is -2.40. The zero-order valence-electron chi connectivity index (χ0n) is 27.6. The SMILES string of the molecule is CCCCCCCCC=CCCCCCCCCCC(=O)OCCC(Cn1cnc2cnc(N)nc21)OC(=O)[C@@H](N)C(C)C. The fraction of sp³-hybridized carbons (Fsp3) is 0.735. The number of nitrogens with two attached hydrogens (primary N) is 2. The van der Waals surface area contributed by atoms with E-state index in [2.05, 4.69) is 34.0 Å². The van der Waals surface area contributed by atoms with E-state index in [4.69, 9.17) is 20.9 Å². The monoisotopic (exact) mass is 614 g/mol. The quantitative estimate of drug-likeness (QED) is 0.0681. The van der Waals surface area contributed by atoms with Crippen molar-refractivity contribution in [2.24, 2.45) is 11.7 Å². The van der Waals surface area contributed by atoms with Crippen molar-refractivity contribution in [2.45, 2.75) is 149 Å². The van der Waals surface area contributed by atoms with Crippen LogP contribution in [0.4, 0.5) is 5.95 Å². The molecule has 2 atom stereocenters. The van der Waals surface area contributed by atoms with Crippen LogP contribution in [0.5, 0.6) is 0 Å². The molecule has 0 aliphatic carbocycles. The van der Waals surface area contributed by atoms with E-state index < -0.39 is 18.1 Å². The van der Waals surface area contributed by atoms with Crippen LogP contribution >= 0.6 is 0 Å². The van der Waals surface area contributed by atoms with Crippen LogP contribution in [0, 0.1) is 5.92 Å². The maximum absolute atomic E-state index is 12.6. The Balaban J connectivity index is 1.58. The van der Waals surface area contributed by atoms with Crippen LogP contribution in [-0.4, -0.2) is 50.2 Å². The molecule has 0 aliphatic rings. The van der Waals surface area contributed by atoms with E-state index in [0.717, 1.165) is 19.3 Å². The second-order valence-corrected chi connectivity index (χ2v) is 12.2.